The van der Waals surface area contributed by atoms with Gasteiger partial charge in [0, 0.05) is 51.6 Å². The van der Waals surface area contributed by atoms with Crippen LogP contribution in [0.1, 0.15) is 87.5 Å². The molecule has 6 heteroatoms. The van der Waals surface area contributed by atoms with Crippen molar-refractivity contribution in [2.24, 2.45) is 23.7 Å². The predicted octanol–water partition coefficient (Wildman–Crippen LogP) is 5.75. The van der Waals surface area contributed by atoms with Crippen LogP contribution in [0.15, 0.2) is 0 Å². The van der Waals surface area contributed by atoms with Crippen molar-refractivity contribution >= 4 is 11.6 Å². The van der Waals surface area contributed by atoms with Crippen LogP contribution in [0.3, 0.4) is 0 Å². The summed E-state index contributed by atoms with van der Waals surface area (Å²) in [6.07, 6.45) is 3.62. The molecule has 33 heavy (non-hydrogen) atoms. The number of hydrogen-bond acceptors (Lipinski definition) is 6. The second-order valence-electron chi connectivity index (χ2n) is 10.1. The molecule has 6 nitrogen and oxygen atoms in total. The summed E-state index contributed by atoms with van der Waals surface area (Å²) in [5.41, 5.74) is 0. The van der Waals surface area contributed by atoms with E-state index in [4.69, 9.17) is 18.9 Å². The molecule has 0 fully saturated rings. The summed E-state index contributed by atoms with van der Waals surface area (Å²) in [6.45, 7) is 22.0. The summed E-state index contributed by atoms with van der Waals surface area (Å²) in [6, 6.07) is 0. The van der Waals surface area contributed by atoms with Crippen molar-refractivity contribution in [1.82, 2.24) is 0 Å². The molecule has 198 valence electrons. The van der Waals surface area contributed by atoms with Crippen LogP contribution in [0.5, 0.6) is 0 Å². The van der Waals surface area contributed by atoms with Crippen LogP contribution in [-0.4, -0.2) is 64.4 Å². The minimum absolute atomic E-state index is 0.148. The van der Waals surface area contributed by atoms with Gasteiger partial charge in [0.2, 0.25) is 0 Å². The van der Waals surface area contributed by atoms with E-state index in [2.05, 4.69) is 41.5 Å². The first-order valence-corrected chi connectivity index (χ1v) is 12.9. The van der Waals surface area contributed by atoms with Gasteiger partial charge in [0.25, 0.3) is 0 Å². The molecule has 0 spiro atoms. The molecule has 0 aliphatic heterocycles. The lowest BCUT2D eigenvalue weighted by Gasteiger charge is -2.07. The van der Waals surface area contributed by atoms with E-state index in [1.165, 1.54) is 0 Å². The van der Waals surface area contributed by atoms with Crippen molar-refractivity contribution in [3.63, 3.8) is 0 Å². The van der Waals surface area contributed by atoms with E-state index in [9.17, 15) is 9.59 Å². The van der Waals surface area contributed by atoms with Crippen LogP contribution >= 0.6 is 0 Å². The maximum absolute atomic E-state index is 11.4. The molecule has 0 N–H and O–H groups in total. The van der Waals surface area contributed by atoms with Crippen molar-refractivity contribution < 1.29 is 28.5 Å². The Morgan fingerprint density at radius 1 is 0.545 bits per heavy atom. The Morgan fingerprint density at radius 2 is 0.970 bits per heavy atom. The van der Waals surface area contributed by atoms with Crippen LogP contribution in [0.2, 0.25) is 0 Å². The Morgan fingerprint density at radius 3 is 1.36 bits per heavy atom. The number of rotatable bonds is 21. The Labute approximate surface area is 204 Å². The van der Waals surface area contributed by atoms with Crippen LogP contribution in [0, 0.1) is 23.7 Å². The normalized spacial score (nSPS) is 11.4. The van der Waals surface area contributed by atoms with Gasteiger partial charge in [-0.3, -0.25) is 9.59 Å². The van der Waals surface area contributed by atoms with Crippen molar-refractivity contribution in [3.05, 3.63) is 0 Å². The summed E-state index contributed by atoms with van der Waals surface area (Å²) in [5, 5.41) is 0. The molecular weight excluding hydrogens is 420 g/mol. The average Bonchev–Trinajstić information content (AvgIpc) is 2.71. The Balaban J connectivity index is 0. The fourth-order valence-electron chi connectivity index (χ4n) is 2.64. The lowest BCUT2D eigenvalue weighted by molar-refractivity contribution is -0.122. The molecule has 0 aliphatic carbocycles. The van der Waals surface area contributed by atoms with E-state index in [-0.39, 0.29) is 5.92 Å². The number of ether oxygens (including phenoxy) is 4. The molecule has 0 aliphatic rings. The van der Waals surface area contributed by atoms with Gasteiger partial charge in [-0.25, -0.2) is 0 Å². The first kappa shape index (κ1) is 34.3. The van der Waals surface area contributed by atoms with Crippen LogP contribution < -0.4 is 0 Å². The molecular formula is C27H54O6. The van der Waals surface area contributed by atoms with Gasteiger partial charge < -0.3 is 18.9 Å². The molecule has 0 atom stereocenters. The molecule has 0 heterocycles. The average molecular weight is 475 g/mol. The van der Waals surface area contributed by atoms with E-state index in [1.807, 2.05) is 13.8 Å². The van der Waals surface area contributed by atoms with Crippen molar-refractivity contribution in [3.8, 4) is 0 Å². The van der Waals surface area contributed by atoms with E-state index in [0.29, 0.717) is 88.2 Å². The fraction of sp³-hybridized carbons (Fsp3) is 0.926. The molecule has 0 aromatic carbocycles. The highest BCUT2D eigenvalue weighted by molar-refractivity contribution is 5.80. The maximum Gasteiger partial charge on any atom is 0.135 e. The van der Waals surface area contributed by atoms with Crippen molar-refractivity contribution in [2.45, 2.75) is 87.5 Å². The van der Waals surface area contributed by atoms with E-state index >= 15 is 0 Å². The van der Waals surface area contributed by atoms with E-state index in [0.717, 1.165) is 26.1 Å². The topological polar surface area (TPSA) is 71.1 Å². The molecule has 0 bridgehead atoms. The molecule has 0 amide bonds. The Hall–Kier alpha value is -0.820. The second-order valence-corrected chi connectivity index (χ2v) is 10.1. The van der Waals surface area contributed by atoms with Gasteiger partial charge in [-0.15, -0.1) is 0 Å². The number of carbonyl (C=O) groups excluding carboxylic acids is 2. The van der Waals surface area contributed by atoms with Gasteiger partial charge in [-0.2, -0.15) is 0 Å². The van der Waals surface area contributed by atoms with E-state index < -0.39 is 0 Å². The van der Waals surface area contributed by atoms with Crippen LogP contribution in [0.25, 0.3) is 0 Å². The smallest absolute Gasteiger partial charge is 0.135 e. The lowest BCUT2D eigenvalue weighted by Crippen LogP contribution is -2.11. The number of carbonyl (C=O) groups is 2. The van der Waals surface area contributed by atoms with Gasteiger partial charge >= 0.3 is 0 Å². The second kappa shape index (κ2) is 24.3. The number of Topliss-reactive ketones (excluding diaryl/α,β-unsaturated/α-hetero) is 2. The largest absolute Gasteiger partial charge is 0.379 e. The van der Waals surface area contributed by atoms with Crippen molar-refractivity contribution in [1.29, 1.82) is 0 Å². The standard InChI is InChI=1S/C14H28O3.C13H26O3/c1-12(2)10-14(15)6-5-7-16-8-9-17-11-13(3)4;1-11(2)10-16-9-8-15-7-5-6-13(14)12(3)4/h12-13H,5-11H2,1-4H3;11-12H,5-10H2,1-4H3. The Kier molecular flexibility index (Phi) is 25.3. The molecule has 0 saturated carbocycles. The zero-order valence-electron chi connectivity index (χ0n) is 23.0. The van der Waals surface area contributed by atoms with E-state index in [1.54, 1.807) is 0 Å². The van der Waals surface area contributed by atoms with Crippen LogP contribution in [0.4, 0.5) is 0 Å². The first-order valence-electron chi connectivity index (χ1n) is 12.9. The quantitative estimate of drug-likeness (QED) is 0.197. The summed E-state index contributed by atoms with van der Waals surface area (Å²) in [5.74, 6) is 2.42. The maximum atomic E-state index is 11.4. The minimum Gasteiger partial charge on any atom is -0.379 e. The first-order chi connectivity index (χ1) is 15.6. The highest BCUT2D eigenvalue weighted by Crippen LogP contribution is 2.04. The lowest BCUT2D eigenvalue weighted by atomic mass is 10.0. The fourth-order valence-corrected chi connectivity index (χ4v) is 2.64. The third kappa shape index (κ3) is 31.2. The summed E-state index contributed by atoms with van der Waals surface area (Å²) in [7, 11) is 0. The van der Waals surface area contributed by atoms with Gasteiger partial charge in [-0.05, 0) is 30.6 Å². The highest BCUT2D eigenvalue weighted by Gasteiger charge is 2.06. The molecule has 0 saturated heterocycles. The van der Waals surface area contributed by atoms with Gasteiger partial charge in [0.1, 0.15) is 11.6 Å². The summed E-state index contributed by atoms with van der Waals surface area (Å²) >= 11 is 0. The molecule has 0 unspecified atom stereocenters. The Bertz CT molecular complexity index is 446. The van der Waals surface area contributed by atoms with Crippen molar-refractivity contribution in [2.75, 3.05) is 52.9 Å². The van der Waals surface area contributed by atoms with Gasteiger partial charge in [-0.1, -0.05) is 55.4 Å². The number of hydrogen-bond donors (Lipinski definition) is 0. The van der Waals surface area contributed by atoms with Crippen LogP contribution in [-0.2, 0) is 28.5 Å². The van der Waals surface area contributed by atoms with Gasteiger partial charge in [0.15, 0.2) is 0 Å². The molecule has 0 aromatic heterocycles. The minimum atomic E-state index is 0.148. The molecule has 0 aromatic rings. The third-order valence-electron chi connectivity index (χ3n) is 4.38. The van der Waals surface area contributed by atoms with Gasteiger partial charge in [0.05, 0.1) is 26.4 Å². The molecule has 0 radical (unpaired) electrons. The zero-order valence-corrected chi connectivity index (χ0v) is 23.0. The monoisotopic (exact) mass is 474 g/mol. The summed E-state index contributed by atoms with van der Waals surface area (Å²) < 4.78 is 21.5. The summed E-state index contributed by atoms with van der Waals surface area (Å²) in [4.78, 5) is 22.7. The SMILES string of the molecule is CC(C)COCCOCCCC(=O)C(C)C.CC(C)COCCOCCCC(=O)CC(C)C. The highest BCUT2D eigenvalue weighted by atomic mass is 16.5. The molecule has 0 rings (SSSR count). The predicted molar refractivity (Wildman–Crippen MR) is 136 cm³/mol. The zero-order chi connectivity index (χ0) is 25.5. The third-order valence-corrected chi connectivity index (χ3v) is 4.38. The number of ketones is 2.